The molecule has 3 aromatic carbocycles. The fraction of sp³-hybridized carbons (Fsp3) is 0.390. The number of nitrogens with zero attached hydrogens (tertiary/aromatic N) is 1. The number of amides is 1. The van der Waals surface area contributed by atoms with Crippen LogP contribution in [0.4, 0.5) is 5.69 Å². The van der Waals surface area contributed by atoms with Crippen molar-refractivity contribution in [3.8, 4) is 11.5 Å². The molecule has 1 heterocycles. The first-order valence-electron chi connectivity index (χ1n) is 16.9. The van der Waals surface area contributed by atoms with Crippen LogP contribution in [0, 0.1) is 24.7 Å². The first kappa shape index (κ1) is 34.5. The minimum absolute atomic E-state index is 0.0389. The van der Waals surface area contributed by atoms with Gasteiger partial charge in [-0.3, -0.25) is 14.4 Å². The molecule has 0 aromatic heterocycles. The lowest BCUT2D eigenvalue weighted by Gasteiger charge is -2.49. The van der Waals surface area contributed by atoms with E-state index in [9.17, 15) is 14.4 Å². The highest BCUT2D eigenvalue weighted by Crippen LogP contribution is 2.55. The molecule has 1 amide bonds. The maximum absolute atomic E-state index is 14.3. The molecule has 7 nitrogen and oxygen atoms in total. The van der Waals surface area contributed by atoms with Gasteiger partial charge in [0.05, 0.1) is 12.1 Å². The van der Waals surface area contributed by atoms with Crippen LogP contribution in [0.3, 0.4) is 0 Å². The number of halogens is 1. The Kier molecular flexibility index (Phi) is 9.27. The molecule has 0 saturated heterocycles. The molecule has 0 fully saturated rings. The predicted molar refractivity (Wildman–Crippen MR) is 193 cm³/mol. The Bertz CT molecular complexity index is 1850. The van der Waals surface area contributed by atoms with Crippen LogP contribution in [-0.4, -0.2) is 36.1 Å². The van der Waals surface area contributed by atoms with Crippen molar-refractivity contribution >= 4 is 34.8 Å². The Morgan fingerprint density at radius 3 is 2.08 bits per heavy atom. The van der Waals surface area contributed by atoms with Crippen LogP contribution in [0.25, 0.3) is 0 Å². The van der Waals surface area contributed by atoms with Crippen molar-refractivity contribution in [2.45, 2.75) is 79.7 Å². The van der Waals surface area contributed by atoms with Gasteiger partial charge in [-0.15, -0.1) is 0 Å². The van der Waals surface area contributed by atoms with Crippen LogP contribution in [-0.2, 0) is 20.9 Å². The van der Waals surface area contributed by atoms with E-state index in [0.717, 1.165) is 33.8 Å². The third kappa shape index (κ3) is 7.04. The summed E-state index contributed by atoms with van der Waals surface area (Å²) in [6.45, 7) is 12.7. The first-order chi connectivity index (χ1) is 23.2. The number of hydrogen-bond donors (Lipinski definition) is 1. The van der Waals surface area contributed by atoms with Gasteiger partial charge in [-0.05, 0) is 78.0 Å². The van der Waals surface area contributed by atoms with E-state index in [0.29, 0.717) is 54.7 Å². The van der Waals surface area contributed by atoms with Crippen molar-refractivity contribution in [3.05, 3.63) is 110 Å². The lowest BCUT2D eigenvalue weighted by Crippen LogP contribution is -2.44. The number of ketones is 2. The zero-order valence-electron chi connectivity index (χ0n) is 29.5. The van der Waals surface area contributed by atoms with E-state index in [1.807, 2.05) is 50.2 Å². The number of carbonyl (C=O) groups excluding carboxylic acids is 3. The van der Waals surface area contributed by atoms with E-state index in [1.165, 1.54) is 7.11 Å². The van der Waals surface area contributed by atoms with Crippen LogP contribution in [0.2, 0.25) is 5.02 Å². The maximum Gasteiger partial charge on any atom is 0.262 e. The van der Waals surface area contributed by atoms with Gasteiger partial charge in [0, 0.05) is 53.5 Å². The van der Waals surface area contributed by atoms with Gasteiger partial charge in [-0.1, -0.05) is 81.8 Å². The fourth-order valence-electron chi connectivity index (χ4n) is 7.58. The number of rotatable bonds is 8. The summed E-state index contributed by atoms with van der Waals surface area (Å²) in [5.74, 6) is -0.310. The van der Waals surface area contributed by atoms with Gasteiger partial charge in [0.1, 0.15) is 0 Å². The van der Waals surface area contributed by atoms with Gasteiger partial charge >= 0.3 is 0 Å². The number of benzene rings is 3. The number of hydrogen-bond acceptors (Lipinski definition) is 6. The Hall–Kier alpha value is -4.36. The van der Waals surface area contributed by atoms with Gasteiger partial charge in [0.2, 0.25) is 0 Å². The molecular weight excluding hydrogens is 636 g/mol. The van der Waals surface area contributed by atoms with E-state index >= 15 is 0 Å². The molecule has 0 unspecified atom stereocenters. The number of aryl methyl sites for hydroxylation is 2. The lowest BCUT2D eigenvalue weighted by atomic mass is 9.63. The van der Waals surface area contributed by atoms with Crippen LogP contribution in [0.15, 0.2) is 83.2 Å². The van der Waals surface area contributed by atoms with Crippen molar-refractivity contribution in [3.63, 3.8) is 0 Å². The minimum atomic E-state index is -0.600. The van der Waals surface area contributed by atoms with Crippen LogP contribution >= 0.6 is 11.6 Å². The van der Waals surface area contributed by atoms with E-state index in [2.05, 4.69) is 50.0 Å². The quantitative estimate of drug-likeness (QED) is 0.256. The Labute approximate surface area is 294 Å². The molecule has 0 spiro atoms. The highest BCUT2D eigenvalue weighted by atomic mass is 35.5. The van der Waals surface area contributed by atoms with Gasteiger partial charge in [0.15, 0.2) is 29.7 Å². The third-order valence-electron chi connectivity index (χ3n) is 9.81. The SMILES string of the molecule is COc1cc(C2C3=C(CC(C)(C)CC3=O)N(Cc3ccccc3)C3=C2C(=O)CC(C)(C)C3)cc(Cl)c1OCC(=O)Nc1cc(C)ccc1C. The molecule has 8 heteroatoms. The minimum Gasteiger partial charge on any atom is -0.493 e. The molecule has 6 rings (SSSR count). The van der Waals surface area contributed by atoms with Gasteiger partial charge < -0.3 is 19.7 Å². The number of ether oxygens (including phenoxy) is 2. The summed E-state index contributed by atoms with van der Waals surface area (Å²) >= 11 is 6.92. The summed E-state index contributed by atoms with van der Waals surface area (Å²) in [6.07, 6.45) is 2.16. The lowest BCUT2D eigenvalue weighted by molar-refractivity contribution is -0.120. The van der Waals surface area contributed by atoms with E-state index in [-0.39, 0.29) is 45.7 Å². The van der Waals surface area contributed by atoms with Gasteiger partial charge in [-0.2, -0.15) is 0 Å². The topological polar surface area (TPSA) is 84.9 Å². The number of allylic oxidation sites excluding steroid dienone is 4. The zero-order chi connectivity index (χ0) is 35.2. The molecule has 256 valence electrons. The molecular formula is C41H45ClN2O5. The van der Waals surface area contributed by atoms with Crippen molar-refractivity contribution in [2.75, 3.05) is 19.0 Å². The Morgan fingerprint density at radius 1 is 0.878 bits per heavy atom. The second kappa shape index (κ2) is 13.2. The molecule has 2 aliphatic carbocycles. The highest BCUT2D eigenvalue weighted by molar-refractivity contribution is 6.32. The monoisotopic (exact) mass is 680 g/mol. The summed E-state index contributed by atoms with van der Waals surface area (Å²) in [6, 6.07) is 19.6. The third-order valence-corrected chi connectivity index (χ3v) is 10.1. The molecule has 49 heavy (non-hydrogen) atoms. The zero-order valence-corrected chi connectivity index (χ0v) is 30.2. The number of methoxy groups -OCH3 is 1. The maximum atomic E-state index is 14.3. The summed E-state index contributed by atoms with van der Waals surface area (Å²) < 4.78 is 11.7. The highest BCUT2D eigenvalue weighted by Gasteiger charge is 2.49. The Morgan fingerprint density at radius 2 is 1.49 bits per heavy atom. The second-order valence-corrected chi connectivity index (χ2v) is 15.7. The molecule has 0 radical (unpaired) electrons. The summed E-state index contributed by atoms with van der Waals surface area (Å²) in [5, 5.41) is 3.14. The normalized spacial score (nSPS) is 18.7. The molecule has 3 aliphatic rings. The Balaban J connectivity index is 1.42. The fourth-order valence-corrected chi connectivity index (χ4v) is 7.85. The number of anilines is 1. The van der Waals surface area contributed by atoms with Crippen LogP contribution < -0.4 is 14.8 Å². The van der Waals surface area contributed by atoms with Crippen molar-refractivity contribution < 1.29 is 23.9 Å². The molecule has 0 bridgehead atoms. The summed E-state index contributed by atoms with van der Waals surface area (Å²) in [4.78, 5) is 43.7. The van der Waals surface area contributed by atoms with Crippen LogP contribution in [0.1, 0.15) is 81.5 Å². The predicted octanol–water partition coefficient (Wildman–Crippen LogP) is 8.87. The van der Waals surface area contributed by atoms with E-state index in [4.69, 9.17) is 21.1 Å². The number of Topliss-reactive ketones (excluding diaryl/α,β-unsaturated/α-hetero) is 2. The molecule has 1 aliphatic heterocycles. The van der Waals surface area contributed by atoms with Crippen molar-refractivity contribution in [1.29, 1.82) is 0 Å². The van der Waals surface area contributed by atoms with Gasteiger partial charge in [0.25, 0.3) is 5.91 Å². The first-order valence-corrected chi connectivity index (χ1v) is 17.3. The van der Waals surface area contributed by atoms with E-state index in [1.54, 1.807) is 12.1 Å². The largest absolute Gasteiger partial charge is 0.493 e. The second-order valence-electron chi connectivity index (χ2n) is 15.3. The van der Waals surface area contributed by atoms with Gasteiger partial charge in [-0.25, -0.2) is 0 Å². The van der Waals surface area contributed by atoms with Crippen LogP contribution in [0.5, 0.6) is 11.5 Å². The van der Waals surface area contributed by atoms with Crippen molar-refractivity contribution in [2.24, 2.45) is 10.8 Å². The average molecular weight is 681 g/mol. The molecule has 3 aromatic rings. The molecule has 1 N–H and O–H groups in total. The number of nitrogens with one attached hydrogen (secondary N) is 1. The standard InChI is InChI=1S/C41H45ClN2O5/c1-24-13-14-25(2)29(15-24)43-35(47)23-49-39-28(42)16-27(17-34(39)48-7)36-37-30(18-40(3,4)20-32(37)45)44(22-26-11-9-8-10-12-26)31-19-41(5,6)21-33(46)38(31)36/h8-17,36H,18-23H2,1-7H3,(H,43,47). The van der Waals surface area contributed by atoms with E-state index < -0.39 is 5.92 Å². The van der Waals surface area contributed by atoms with Crippen molar-refractivity contribution in [1.82, 2.24) is 4.90 Å². The molecule has 0 atom stereocenters. The summed E-state index contributed by atoms with van der Waals surface area (Å²) in [5.41, 5.74) is 7.25. The average Bonchev–Trinajstić information content (AvgIpc) is 3.02. The molecule has 0 saturated carbocycles. The smallest absolute Gasteiger partial charge is 0.262 e. The summed E-state index contributed by atoms with van der Waals surface area (Å²) in [7, 11) is 1.51. The number of carbonyl (C=O) groups is 3.